The molecule has 0 N–H and O–H groups in total. The third-order valence-electron chi connectivity index (χ3n) is 5.43. The first-order valence-electron chi connectivity index (χ1n) is 10.3. The number of aromatic nitrogens is 1. The normalized spacial score (nSPS) is 15.0. The molecule has 1 aliphatic rings. The molecule has 174 valence electrons. The van der Waals surface area contributed by atoms with Crippen molar-refractivity contribution in [3.8, 4) is 0 Å². The smallest absolute Gasteiger partial charge is 0.309 e. The number of likely N-dealkylation sites (tertiary alicyclic amines) is 1. The van der Waals surface area contributed by atoms with E-state index in [-0.39, 0.29) is 47.9 Å². The van der Waals surface area contributed by atoms with Crippen molar-refractivity contribution in [1.29, 1.82) is 0 Å². The Bertz CT molecular complexity index is 1140. The highest BCUT2D eigenvalue weighted by molar-refractivity contribution is 6.30. The number of nitro benzene ring substituents is 1. The van der Waals surface area contributed by atoms with Crippen LogP contribution in [0.2, 0.25) is 5.02 Å². The molecule has 1 saturated heterocycles. The molecule has 2 heterocycles. The average molecular weight is 476 g/mol. The number of rotatable bonds is 7. The quantitative estimate of drug-likeness (QED) is 0.198. The Kier molecular flexibility index (Phi) is 7.59. The number of non-ortho nitro benzene ring substituents is 1. The minimum atomic E-state index is -1.60. The molecule has 1 aliphatic heterocycles. The lowest BCUT2D eigenvalue weighted by molar-refractivity contribution is -0.384. The lowest BCUT2D eigenvalue weighted by atomic mass is 9.95. The fourth-order valence-electron chi connectivity index (χ4n) is 3.73. The second-order valence-electron chi connectivity index (χ2n) is 7.52. The number of amides is 1. The van der Waals surface area contributed by atoms with Crippen LogP contribution in [0.25, 0.3) is 0 Å². The second-order valence-corrected chi connectivity index (χ2v) is 7.96. The number of hydrogen-bond acceptors (Lipinski definition) is 7. The zero-order chi connectivity index (χ0) is 24.1. The number of Topliss-reactive ketones (excluding diaryl/α,β-unsaturated/α-hetero) is 1. The number of ether oxygens (including phenoxy) is 1. The summed E-state index contributed by atoms with van der Waals surface area (Å²) in [5.41, 5.74) is -1.03. The van der Waals surface area contributed by atoms with E-state index >= 15 is 0 Å². The largest absolute Gasteiger partial charge is 0.466 e. The summed E-state index contributed by atoms with van der Waals surface area (Å²) in [5, 5.41) is 11.3. The summed E-state index contributed by atoms with van der Waals surface area (Å²) in [6, 6.07) is 5.83. The maximum Gasteiger partial charge on any atom is 0.309 e. The van der Waals surface area contributed by atoms with Crippen molar-refractivity contribution < 1.29 is 24.0 Å². The van der Waals surface area contributed by atoms with Gasteiger partial charge in [0.25, 0.3) is 17.2 Å². The van der Waals surface area contributed by atoms with E-state index in [2.05, 4.69) is 0 Å². The molecule has 1 amide bonds. The van der Waals surface area contributed by atoms with Crippen molar-refractivity contribution in [1.82, 2.24) is 9.47 Å². The summed E-state index contributed by atoms with van der Waals surface area (Å²) in [4.78, 5) is 63.3. The van der Waals surface area contributed by atoms with Gasteiger partial charge < -0.3 is 9.64 Å². The van der Waals surface area contributed by atoms with Gasteiger partial charge in [0, 0.05) is 43.0 Å². The van der Waals surface area contributed by atoms with Crippen LogP contribution in [0.1, 0.15) is 36.2 Å². The third kappa shape index (κ3) is 5.46. The summed E-state index contributed by atoms with van der Waals surface area (Å²) < 4.78 is 5.97. The molecule has 1 fully saturated rings. The molecule has 2 aromatic rings. The van der Waals surface area contributed by atoms with Crippen LogP contribution in [-0.4, -0.2) is 51.7 Å². The standard InChI is InChI=1S/C22H22ClN3O7/c1-2-33-22(30)14-8-10-24(11-9-14)21(29)19(25-13-16(23)6-7-18(25)27)20(28)15-4-3-5-17(12-15)26(31)32/h3-7,12-14,19H,2,8-11H2,1H3. The van der Waals surface area contributed by atoms with Gasteiger partial charge in [-0.05, 0) is 25.8 Å². The van der Waals surface area contributed by atoms with Gasteiger partial charge in [0.05, 0.1) is 22.5 Å². The zero-order valence-corrected chi connectivity index (χ0v) is 18.6. The molecular weight excluding hydrogens is 454 g/mol. The molecule has 10 nitrogen and oxygen atoms in total. The van der Waals surface area contributed by atoms with E-state index in [1.807, 2.05) is 0 Å². The van der Waals surface area contributed by atoms with E-state index in [1.165, 1.54) is 35.4 Å². The number of ketones is 1. The van der Waals surface area contributed by atoms with Crippen molar-refractivity contribution in [2.24, 2.45) is 5.92 Å². The Balaban J connectivity index is 1.94. The fraction of sp³-hybridized carbons (Fsp3) is 0.364. The van der Waals surface area contributed by atoms with Crippen LogP contribution in [0.4, 0.5) is 5.69 Å². The van der Waals surface area contributed by atoms with Gasteiger partial charge in [0.1, 0.15) is 0 Å². The topological polar surface area (TPSA) is 129 Å². The van der Waals surface area contributed by atoms with Crippen molar-refractivity contribution in [2.45, 2.75) is 25.8 Å². The Hall–Kier alpha value is -3.53. The van der Waals surface area contributed by atoms with E-state index in [0.717, 1.165) is 16.7 Å². The molecule has 0 spiro atoms. The maximum atomic E-state index is 13.5. The van der Waals surface area contributed by atoms with Crippen LogP contribution < -0.4 is 5.56 Å². The number of pyridine rings is 1. The predicted octanol–water partition coefficient (Wildman–Crippen LogP) is 2.64. The van der Waals surface area contributed by atoms with Crippen LogP contribution in [0.3, 0.4) is 0 Å². The number of piperidine rings is 1. The number of nitro groups is 1. The Labute approximate surface area is 193 Å². The SMILES string of the molecule is CCOC(=O)C1CCN(C(=O)C(C(=O)c2cccc([N+](=O)[O-])c2)n2cc(Cl)ccc2=O)CC1. The van der Waals surface area contributed by atoms with E-state index in [0.29, 0.717) is 12.8 Å². The number of carbonyl (C=O) groups is 3. The molecule has 33 heavy (non-hydrogen) atoms. The first kappa shape index (κ1) is 24.1. The summed E-state index contributed by atoms with van der Waals surface area (Å²) in [6.45, 7) is 2.35. The fourth-order valence-corrected chi connectivity index (χ4v) is 3.90. The molecule has 1 aromatic heterocycles. The van der Waals surface area contributed by atoms with Crippen molar-refractivity contribution in [3.05, 3.63) is 73.6 Å². The Morgan fingerprint density at radius 1 is 1.21 bits per heavy atom. The van der Waals surface area contributed by atoms with Crippen LogP contribution in [0.15, 0.2) is 47.4 Å². The second kappa shape index (κ2) is 10.4. The van der Waals surface area contributed by atoms with Crippen molar-refractivity contribution in [3.63, 3.8) is 0 Å². The Morgan fingerprint density at radius 3 is 2.55 bits per heavy atom. The first-order chi connectivity index (χ1) is 15.7. The lowest BCUT2D eigenvalue weighted by Gasteiger charge is -2.33. The summed E-state index contributed by atoms with van der Waals surface area (Å²) in [7, 11) is 0. The predicted molar refractivity (Wildman–Crippen MR) is 118 cm³/mol. The zero-order valence-electron chi connectivity index (χ0n) is 17.8. The van der Waals surface area contributed by atoms with Crippen LogP contribution in [0, 0.1) is 16.0 Å². The summed E-state index contributed by atoms with van der Waals surface area (Å²) >= 11 is 6.02. The van der Waals surface area contributed by atoms with E-state index in [9.17, 15) is 29.3 Å². The average Bonchev–Trinajstić information content (AvgIpc) is 2.81. The molecule has 0 radical (unpaired) electrons. The molecule has 0 aliphatic carbocycles. The molecule has 3 rings (SSSR count). The third-order valence-corrected chi connectivity index (χ3v) is 5.65. The number of esters is 1. The van der Waals surface area contributed by atoms with Crippen LogP contribution in [0.5, 0.6) is 0 Å². The van der Waals surface area contributed by atoms with Crippen molar-refractivity contribution in [2.75, 3.05) is 19.7 Å². The van der Waals surface area contributed by atoms with Crippen molar-refractivity contribution >= 4 is 34.9 Å². The number of halogens is 1. The van der Waals surface area contributed by atoms with Gasteiger partial charge in [-0.15, -0.1) is 0 Å². The van der Waals surface area contributed by atoms with E-state index < -0.39 is 28.2 Å². The molecule has 11 heteroatoms. The highest BCUT2D eigenvalue weighted by Gasteiger charge is 2.37. The highest BCUT2D eigenvalue weighted by atomic mass is 35.5. The van der Waals surface area contributed by atoms with Gasteiger partial charge in [-0.2, -0.15) is 0 Å². The molecule has 1 atom stereocenters. The van der Waals surface area contributed by atoms with Gasteiger partial charge in [-0.25, -0.2) is 0 Å². The Morgan fingerprint density at radius 2 is 1.91 bits per heavy atom. The number of hydrogen-bond donors (Lipinski definition) is 0. The number of carbonyl (C=O) groups excluding carboxylic acids is 3. The van der Waals surface area contributed by atoms with Gasteiger partial charge in [-0.1, -0.05) is 23.7 Å². The van der Waals surface area contributed by atoms with Gasteiger partial charge in [-0.3, -0.25) is 33.9 Å². The number of benzene rings is 1. The molecule has 1 unspecified atom stereocenters. The first-order valence-corrected chi connectivity index (χ1v) is 10.7. The summed E-state index contributed by atoms with van der Waals surface area (Å²) in [5.74, 6) is -2.12. The lowest BCUT2D eigenvalue weighted by Crippen LogP contribution is -2.47. The maximum absolute atomic E-state index is 13.5. The minimum Gasteiger partial charge on any atom is -0.466 e. The number of nitrogens with zero attached hydrogens (tertiary/aromatic N) is 3. The molecule has 1 aromatic carbocycles. The van der Waals surface area contributed by atoms with Crippen LogP contribution in [-0.2, 0) is 14.3 Å². The van der Waals surface area contributed by atoms with Gasteiger partial charge >= 0.3 is 5.97 Å². The molecule has 0 saturated carbocycles. The van der Waals surface area contributed by atoms with Gasteiger partial charge in [0.2, 0.25) is 0 Å². The molecular formula is C22H22ClN3O7. The monoisotopic (exact) mass is 475 g/mol. The van der Waals surface area contributed by atoms with Crippen LogP contribution >= 0.6 is 11.6 Å². The van der Waals surface area contributed by atoms with Gasteiger partial charge in [0.15, 0.2) is 11.8 Å². The summed E-state index contributed by atoms with van der Waals surface area (Å²) in [6.07, 6.45) is 1.90. The minimum absolute atomic E-state index is 0.0872. The molecule has 0 bridgehead atoms. The van der Waals surface area contributed by atoms with E-state index in [4.69, 9.17) is 16.3 Å². The highest BCUT2D eigenvalue weighted by Crippen LogP contribution is 2.25. The van der Waals surface area contributed by atoms with E-state index in [1.54, 1.807) is 6.92 Å².